The summed E-state index contributed by atoms with van der Waals surface area (Å²) in [5, 5.41) is 0.836. The molecule has 1 heterocycles. The Kier molecular flexibility index (Phi) is 4.14. The van der Waals surface area contributed by atoms with E-state index in [1.807, 2.05) is 0 Å². The fourth-order valence-corrected chi connectivity index (χ4v) is 2.35. The summed E-state index contributed by atoms with van der Waals surface area (Å²) in [6, 6.07) is 5.96. The van der Waals surface area contributed by atoms with Gasteiger partial charge in [-0.1, -0.05) is 29.3 Å². The molecule has 0 spiro atoms. The molecule has 0 aliphatic carbocycles. The SMILES string of the molecule is NNC(c1ccncc1F)c1c(Cl)cccc1Cl. The van der Waals surface area contributed by atoms with Gasteiger partial charge in [-0.3, -0.25) is 10.8 Å². The van der Waals surface area contributed by atoms with Crippen molar-refractivity contribution in [1.29, 1.82) is 0 Å². The lowest BCUT2D eigenvalue weighted by Crippen LogP contribution is -2.30. The van der Waals surface area contributed by atoms with Crippen LogP contribution in [0.2, 0.25) is 10.0 Å². The van der Waals surface area contributed by atoms with E-state index in [9.17, 15) is 4.39 Å². The molecule has 0 saturated carbocycles. The lowest BCUT2D eigenvalue weighted by atomic mass is 10.00. The number of halogens is 3. The third-order valence-electron chi connectivity index (χ3n) is 2.57. The van der Waals surface area contributed by atoms with Crippen molar-refractivity contribution in [3.05, 3.63) is 63.6 Å². The predicted molar refractivity (Wildman–Crippen MR) is 69.8 cm³/mol. The predicted octanol–water partition coefficient (Wildman–Crippen LogP) is 3.08. The number of aromatic nitrogens is 1. The highest BCUT2D eigenvalue weighted by molar-refractivity contribution is 6.36. The van der Waals surface area contributed by atoms with Crippen molar-refractivity contribution >= 4 is 23.2 Å². The first-order chi connectivity index (χ1) is 8.65. The van der Waals surface area contributed by atoms with E-state index >= 15 is 0 Å². The number of nitrogens with one attached hydrogen (secondary N) is 1. The molecular weight excluding hydrogens is 276 g/mol. The van der Waals surface area contributed by atoms with Crippen LogP contribution < -0.4 is 11.3 Å². The van der Waals surface area contributed by atoms with Crippen molar-refractivity contribution in [2.45, 2.75) is 6.04 Å². The van der Waals surface area contributed by atoms with Gasteiger partial charge in [0, 0.05) is 27.4 Å². The zero-order valence-corrected chi connectivity index (χ0v) is 10.7. The summed E-state index contributed by atoms with van der Waals surface area (Å²) in [4.78, 5) is 3.69. The van der Waals surface area contributed by atoms with E-state index in [2.05, 4.69) is 10.4 Å². The standard InChI is InChI=1S/C12H10Cl2FN3/c13-8-2-1-3-9(14)11(8)12(18-16)7-4-5-17-6-10(7)15/h1-6,12,18H,16H2. The average molecular weight is 286 g/mol. The van der Waals surface area contributed by atoms with Gasteiger partial charge in [0.25, 0.3) is 0 Å². The van der Waals surface area contributed by atoms with Gasteiger partial charge >= 0.3 is 0 Å². The van der Waals surface area contributed by atoms with Crippen LogP contribution in [-0.4, -0.2) is 4.98 Å². The third-order valence-corrected chi connectivity index (χ3v) is 3.23. The first-order valence-corrected chi connectivity index (χ1v) is 5.90. The normalized spacial score (nSPS) is 12.4. The zero-order chi connectivity index (χ0) is 13.1. The first-order valence-electron chi connectivity index (χ1n) is 5.14. The second-order valence-corrected chi connectivity index (χ2v) is 4.45. The minimum absolute atomic E-state index is 0.336. The van der Waals surface area contributed by atoms with E-state index in [1.54, 1.807) is 18.2 Å². The Morgan fingerprint density at radius 3 is 2.44 bits per heavy atom. The van der Waals surface area contributed by atoms with Crippen LogP contribution in [0.3, 0.4) is 0 Å². The van der Waals surface area contributed by atoms with E-state index in [1.165, 1.54) is 12.3 Å². The highest BCUT2D eigenvalue weighted by Gasteiger charge is 2.21. The molecule has 3 nitrogen and oxygen atoms in total. The Labute approximate surface area is 114 Å². The summed E-state index contributed by atoms with van der Waals surface area (Å²) in [6.07, 6.45) is 2.60. The summed E-state index contributed by atoms with van der Waals surface area (Å²) in [5.41, 5.74) is 3.39. The highest BCUT2D eigenvalue weighted by atomic mass is 35.5. The van der Waals surface area contributed by atoms with Gasteiger partial charge in [0.1, 0.15) is 5.82 Å². The van der Waals surface area contributed by atoms with Gasteiger partial charge in [0.05, 0.1) is 12.2 Å². The maximum absolute atomic E-state index is 13.7. The Balaban J connectivity index is 2.56. The van der Waals surface area contributed by atoms with Crippen molar-refractivity contribution in [1.82, 2.24) is 10.4 Å². The topological polar surface area (TPSA) is 50.9 Å². The van der Waals surface area contributed by atoms with Crippen LogP contribution in [0.4, 0.5) is 4.39 Å². The molecule has 0 aliphatic heterocycles. The molecule has 0 bridgehead atoms. The smallest absolute Gasteiger partial charge is 0.146 e. The summed E-state index contributed by atoms with van der Waals surface area (Å²) in [7, 11) is 0. The average Bonchev–Trinajstić information content (AvgIpc) is 2.35. The van der Waals surface area contributed by atoms with Gasteiger partial charge in [0.2, 0.25) is 0 Å². The second-order valence-electron chi connectivity index (χ2n) is 3.63. The Morgan fingerprint density at radius 1 is 1.22 bits per heavy atom. The lowest BCUT2D eigenvalue weighted by Gasteiger charge is -2.19. The molecule has 1 aromatic heterocycles. The van der Waals surface area contributed by atoms with Gasteiger partial charge in [-0.05, 0) is 18.2 Å². The number of rotatable bonds is 3. The van der Waals surface area contributed by atoms with Crippen molar-refractivity contribution in [3.8, 4) is 0 Å². The van der Waals surface area contributed by atoms with E-state index < -0.39 is 11.9 Å². The van der Waals surface area contributed by atoms with Crippen LogP contribution >= 0.6 is 23.2 Å². The minimum Gasteiger partial charge on any atom is -0.271 e. The molecular formula is C12H10Cl2FN3. The highest BCUT2D eigenvalue weighted by Crippen LogP contribution is 2.34. The minimum atomic E-state index is -0.630. The molecule has 94 valence electrons. The molecule has 1 atom stereocenters. The van der Waals surface area contributed by atoms with Crippen LogP contribution in [0.15, 0.2) is 36.7 Å². The summed E-state index contributed by atoms with van der Waals surface area (Å²) in [6.45, 7) is 0. The van der Waals surface area contributed by atoms with Gasteiger partial charge in [-0.2, -0.15) is 0 Å². The van der Waals surface area contributed by atoms with Crippen molar-refractivity contribution in [2.24, 2.45) is 5.84 Å². The molecule has 2 aromatic rings. The van der Waals surface area contributed by atoms with Crippen LogP contribution in [0.25, 0.3) is 0 Å². The fraction of sp³-hybridized carbons (Fsp3) is 0.0833. The summed E-state index contributed by atoms with van der Waals surface area (Å²) < 4.78 is 13.7. The monoisotopic (exact) mass is 285 g/mol. The fourth-order valence-electron chi connectivity index (χ4n) is 1.74. The first kappa shape index (κ1) is 13.2. The maximum Gasteiger partial charge on any atom is 0.146 e. The van der Waals surface area contributed by atoms with Gasteiger partial charge in [-0.25, -0.2) is 9.82 Å². The number of hydrogen-bond donors (Lipinski definition) is 2. The summed E-state index contributed by atoms with van der Waals surface area (Å²) in [5.74, 6) is 5.01. The largest absolute Gasteiger partial charge is 0.271 e. The molecule has 0 saturated heterocycles. The number of nitrogens with zero attached hydrogens (tertiary/aromatic N) is 1. The van der Waals surface area contributed by atoms with E-state index in [-0.39, 0.29) is 0 Å². The third kappa shape index (κ3) is 2.47. The molecule has 1 unspecified atom stereocenters. The Morgan fingerprint density at radius 2 is 1.89 bits per heavy atom. The Hall–Kier alpha value is -1.20. The van der Waals surface area contributed by atoms with Gasteiger partial charge in [-0.15, -0.1) is 0 Å². The molecule has 0 aliphatic rings. The van der Waals surface area contributed by atoms with Gasteiger partial charge in [0.15, 0.2) is 0 Å². The number of pyridine rings is 1. The molecule has 6 heteroatoms. The van der Waals surface area contributed by atoms with Crippen LogP contribution in [-0.2, 0) is 0 Å². The summed E-state index contributed by atoms with van der Waals surface area (Å²) >= 11 is 12.2. The number of benzene rings is 1. The van der Waals surface area contributed by atoms with Crippen LogP contribution in [0.5, 0.6) is 0 Å². The molecule has 0 fully saturated rings. The van der Waals surface area contributed by atoms with E-state index in [4.69, 9.17) is 29.0 Å². The number of hydrazine groups is 1. The molecule has 0 radical (unpaired) electrons. The van der Waals surface area contributed by atoms with Crippen LogP contribution in [0.1, 0.15) is 17.2 Å². The van der Waals surface area contributed by atoms with Crippen molar-refractivity contribution in [2.75, 3.05) is 0 Å². The molecule has 0 amide bonds. The molecule has 1 aromatic carbocycles. The molecule has 18 heavy (non-hydrogen) atoms. The molecule has 2 rings (SSSR count). The Bertz CT molecular complexity index is 543. The number of nitrogens with two attached hydrogens (primary N) is 1. The van der Waals surface area contributed by atoms with Crippen molar-refractivity contribution in [3.63, 3.8) is 0 Å². The quantitative estimate of drug-likeness (QED) is 0.673. The lowest BCUT2D eigenvalue weighted by molar-refractivity contribution is 0.556. The maximum atomic E-state index is 13.7. The zero-order valence-electron chi connectivity index (χ0n) is 9.20. The van der Waals surface area contributed by atoms with Crippen molar-refractivity contribution < 1.29 is 4.39 Å². The molecule has 3 N–H and O–H groups in total. The van der Waals surface area contributed by atoms with Crippen LogP contribution in [0, 0.1) is 5.82 Å². The second kappa shape index (κ2) is 5.63. The van der Waals surface area contributed by atoms with E-state index in [0.29, 0.717) is 21.2 Å². The van der Waals surface area contributed by atoms with Gasteiger partial charge < -0.3 is 0 Å². The number of hydrogen-bond acceptors (Lipinski definition) is 3. The van der Waals surface area contributed by atoms with E-state index in [0.717, 1.165) is 6.20 Å².